The second-order valence-electron chi connectivity index (χ2n) is 5.00. The van der Waals surface area contributed by atoms with Gasteiger partial charge in [-0.25, -0.2) is 0 Å². The van der Waals surface area contributed by atoms with Gasteiger partial charge in [0.1, 0.15) is 0 Å². The van der Waals surface area contributed by atoms with Crippen molar-refractivity contribution >= 4 is 23.2 Å². The van der Waals surface area contributed by atoms with Crippen LogP contribution in [0.4, 0.5) is 0 Å². The van der Waals surface area contributed by atoms with E-state index in [2.05, 4.69) is 37.1 Å². The van der Waals surface area contributed by atoms with E-state index in [1.807, 2.05) is 12.1 Å². The Balaban J connectivity index is 2.74. The van der Waals surface area contributed by atoms with E-state index in [-0.39, 0.29) is 0 Å². The van der Waals surface area contributed by atoms with Crippen molar-refractivity contribution < 1.29 is 0 Å². The van der Waals surface area contributed by atoms with Gasteiger partial charge >= 0.3 is 0 Å². The molecule has 1 aromatic rings. The third kappa shape index (κ3) is 5.61. The maximum atomic E-state index is 6.14. The molecule has 4 heteroatoms. The number of nitrogens with zero attached hydrogens (tertiary/aromatic N) is 1. The minimum atomic E-state index is 0.338. The van der Waals surface area contributed by atoms with Gasteiger partial charge in [-0.15, -0.1) is 0 Å². The summed E-state index contributed by atoms with van der Waals surface area (Å²) in [5.74, 6) is 0. The molecule has 0 spiro atoms. The standard InChI is InChI=1S/C16H26Cl2N2/c1-4-10-19-16(9-11-20(5-2)6-3)13-7-8-14(17)15(18)12-13/h7-8,12,16,19H,4-6,9-11H2,1-3H3. The summed E-state index contributed by atoms with van der Waals surface area (Å²) in [5.41, 5.74) is 1.22. The first-order chi connectivity index (χ1) is 9.62. The molecule has 0 heterocycles. The molecule has 1 unspecified atom stereocenters. The Morgan fingerprint density at radius 2 is 1.80 bits per heavy atom. The van der Waals surface area contributed by atoms with Crippen LogP contribution >= 0.6 is 23.2 Å². The van der Waals surface area contributed by atoms with Gasteiger partial charge in [-0.05, 0) is 56.7 Å². The van der Waals surface area contributed by atoms with Crippen molar-refractivity contribution in [3.05, 3.63) is 33.8 Å². The van der Waals surface area contributed by atoms with Crippen molar-refractivity contribution in [1.29, 1.82) is 0 Å². The van der Waals surface area contributed by atoms with Crippen molar-refractivity contribution in [1.82, 2.24) is 10.2 Å². The summed E-state index contributed by atoms with van der Waals surface area (Å²) in [6.45, 7) is 10.9. The molecule has 0 aliphatic rings. The monoisotopic (exact) mass is 316 g/mol. The molecule has 0 radical (unpaired) electrons. The largest absolute Gasteiger partial charge is 0.310 e. The highest BCUT2D eigenvalue weighted by atomic mass is 35.5. The van der Waals surface area contributed by atoms with Crippen LogP contribution in [0.15, 0.2) is 18.2 Å². The highest BCUT2D eigenvalue weighted by molar-refractivity contribution is 6.42. The maximum Gasteiger partial charge on any atom is 0.0595 e. The lowest BCUT2D eigenvalue weighted by molar-refractivity contribution is 0.282. The number of halogens is 2. The fourth-order valence-electron chi connectivity index (χ4n) is 2.29. The molecule has 1 aromatic carbocycles. The van der Waals surface area contributed by atoms with Gasteiger partial charge in [0.25, 0.3) is 0 Å². The summed E-state index contributed by atoms with van der Waals surface area (Å²) < 4.78 is 0. The molecule has 0 saturated heterocycles. The molecule has 0 aromatic heterocycles. The van der Waals surface area contributed by atoms with Crippen LogP contribution in [0.5, 0.6) is 0 Å². The lowest BCUT2D eigenvalue weighted by Gasteiger charge is -2.24. The fraction of sp³-hybridized carbons (Fsp3) is 0.625. The first kappa shape index (κ1) is 17.8. The van der Waals surface area contributed by atoms with E-state index in [4.69, 9.17) is 23.2 Å². The first-order valence-electron chi connectivity index (χ1n) is 7.53. The van der Waals surface area contributed by atoms with E-state index < -0.39 is 0 Å². The van der Waals surface area contributed by atoms with Crippen LogP contribution in [0.1, 0.15) is 45.2 Å². The Labute approximate surface area is 133 Å². The Bertz CT molecular complexity index is 392. The summed E-state index contributed by atoms with van der Waals surface area (Å²) in [6, 6.07) is 6.28. The van der Waals surface area contributed by atoms with E-state index in [0.717, 1.165) is 39.0 Å². The van der Waals surface area contributed by atoms with Crippen molar-refractivity contribution in [3.8, 4) is 0 Å². The zero-order valence-electron chi connectivity index (χ0n) is 12.8. The fourth-order valence-corrected chi connectivity index (χ4v) is 2.59. The molecule has 1 atom stereocenters. The van der Waals surface area contributed by atoms with Crippen molar-refractivity contribution in [2.75, 3.05) is 26.2 Å². The summed E-state index contributed by atoms with van der Waals surface area (Å²) in [7, 11) is 0. The SMILES string of the molecule is CCCNC(CCN(CC)CC)c1ccc(Cl)c(Cl)c1. The summed E-state index contributed by atoms with van der Waals surface area (Å²) in [6.07, 6.45) is 2.21. The third-order valence-corrected chi connectivity index (χ3v) is 4.35. The topological polar surface area (TPSA) is 15.3 Å². The van der Waals surface area contributed by atoms with E-state index in [1.165, 1.54) is 5.56 Å². The Kier molecular flexibility index (Phi) is 8.55. The number of hydrogen-bond acceptors (Lipinski definition) is 2. The molecule has 0 aliphatic heterocycles. The first-order valence-corrected chi connectivity index (χ1v) is 8.28. The van der Waals surface area contributed by atoms with Gasteiger partial charge in [-0.2, -0.15) is 0 Å². The van der Waals surface area contributed by atoms with Crippen LogP contribution in [-0.4, -0.2) is 31.1 Å². The maximum absolute atomic E-state index is 6.14. The molecule has 114 valence electrons. The second-order valence-corrected chi connectivity index (χ2v) is 5.81. The van der Waals surface area contributed by atoms with Crippen LogP contribution in [0.25, 0.3) is 0 Å². The zero-order chi connectivity index (χ0) is 15.0. The van der Waals surface area contributed by atoms with Crippen LogP contribution in [0.3, 0.4) is 0 Å². The van der Waals surface area contributed by atoms with Gasteiger partial charge in [0.05, 0.1) is 10.0 Å². The second kappa shape index (κ2) is 9.62. The quantitative estimate of drug-likeness (QED) is 0.706. The molecule has 0 aliphatic carbocycles. The number of benzene rings is 1. The molecule has 1 rings (SSSR count). The molecule has 0 fully saturated rings. The molecule has 2 nitrogen and oxygen atoms in total. The van der Waals surface area contributed by atoms with Crippen LogP contribution < -0.4 is 5.32 Å². The molecular weight excluding hydrogens is 291 g/mol. The van der Waals surface area contributed by atoms with Gasteiger partial charge in [-0.3, -0.25) is 0 Å². The summed E-state index contributed by atoms with van der Waals surface area (Å²) in [5, 5.41) is 4.86. The lowest BCUT2D eigenvalue weighted by Crippen LogP contribution is -2.29. The highest BCUT2D eigenvalue weighted by Crippen LogP contribution is 2.27. The molecule has 20 heavy (non-hydrogen) atoms. The molecule has 0 bridgehead atoms. The van der Waals surface area contributed by atoms with Gasteiger partial charge in [-0.1, -0.05) is 50.0 Å². The Morgan fingerprint density at radius 1 is 1.10 bits per heavy atom. The minimum Gasteiger partial charge on any atom is -0.310 e. The normalized spacial score (nSPS) is 12.9. The summed E-state index contributed by atoms with van der Waals surface area (Å²) >= 11 is 12.1. The highest BCUT2D eigenvalue weighted by Gasteiger charge is 2.13. The van der Waals surface area contributed by atoms with Crippen LogP contribution in [-0.2, 0) is 0 Å². The molecule has 0 amide bonds. The molecular formula is C16H26Cl2N2. The minimum absolute atomic E-state index is 0.338. The predicted octanol–water partition coefficient (Wildman–Crippen LogP) is 4.77. The lowest BCUT2D eigenvalue weighted by atomic mass is 10.0. The smallest absolute Gasteiger partial charge is 0.0595 e. The predicted molar refractivity (Wildman–Crippen MR) is 89.9 cm³/mol. The van der Waals surface area contributed by atoms with E-state index >= 15 is 0 Å². The van der Waals surface area contributed by atoms with E-state index in [1.54, 1.807) is 0 Å². The van der Waals surface area contributed by atoms with Crippen molar-refractivity contribution in [3.63, 3.8) is 0 Å². The average Bonchev–Trinajstić information content (AvgIpc) is 2.46. The Hall–Kier alpha value is -0.280. The number of hydrogen-bond donors (Lipinski definition) is 1. The van der Waals surface area contributed by atoms with Gasteiger partial charge < -0.3 is 10.2 Å². The number of rotatable bonds is 9. The van der Waals surface area contributed by atoms with Crippen LogP contribution in [0, 0.1) is 0 Å². The van der Waals surface area contributed by atoms with Crippen LogP contribution in [0.2, 0.25) is 10.0 Å². The Morgan fingerprint density at radius 3 is 2.35 bits per heavy atom. The van der Waals surface area contributed by atoms with Crippen molar-refractivity contribution in [2.45, 2.75) is 39.7 Å². The number of nitrogens with one attached hydrogen (secondary N) is 1. The van der Waals surface area contributed by atoms with Gasteiger partial charge in [0.15, 0.2) is 0 Å². The van der Waals surface area contributed by atoms with Crippen molar-refractivity contribution in [2.24, 2.45) is 0 Å². The molecule has 0 saturated carbocycles. The van der Waals surface area contributed by atoms with Gasteiger partial charge in [0.2, 0.25) is 0 Å². The van der Waals surface area contributed by atoms with Gasteiger partial charge in [0, 0.05) is 6.04 Å². The summed E-state index contributed by atoms with van der Waals surface area (Å²) in [4.78, 5) is 2.44. The van der Waals surface area contributed by atoms with E-state index in [0.29, 0.717) is 16.1 Å². The zero-order valence-corrected chi connectivity index (χ0v) is 14.3. The third-order valence-electron chi connectivity index (χ3n) is 3.62. The average molecular weight is 317 g/mol. The van der Waals surface area contributed by atoms with E-state index in [9.17, 15) is 0 Å². The molecule has 1 N–H and O–H groups in total.